The van der Waals surface area contributed by atoms with E-state index in [4.69, 9.17) is 18.9 Å². The molecule has 2 aliphatic heterocycles. The van der Waals surface area contributed by atoms with E-state index in [0.717, 1.165) is 46.4 Å². The molecule has 2 amide bonds. The van der Waals surface area contributed by atoms with E-state index in [2.05, 4.69) is 20.6 Å². The highest BCUT2D eigenvalue weighted by Gasteiger charge is 2.35. The van der Waals surface area contributed by atoms with E-state index in [-0.39, 0.29) is 77.7 Å². The number of benzene rings is 3. The lowest BCUT2D eigenvalue weighted by Gasteiger charge is -2.32. The van der Waals surface area contributed by atoms with Crippen LogP contribution < -0.4 is 36.0 Å². The quantitative estimate of drug-likeness (QED) is 0.0744. The van der Waals surface area contributed by atoms with Gasteiger partial charge in [-0.2, -0.15) is 0 Å². The van der Waals surface area contributed by atoms with Crippen LogP contribution in [0.2, 0.25) is 0 Å². The predicted octanol–water partition coefficient (Wildman–Crippen LogP) is 6.35. The summed E-state index contributed by atoms with van der Waals surface area (Å²) >= 11 is 0. The van der Waals surface area contributed by atoms with Crippen molar-refractivity contribution < 1.29 is 62.2 Å². The van der Waals surface area contributed by atoms with Crippen LogP contribution in [-0.2, 0) is 33.8 Å². The maximum absolute atomic E-state index is 13.6. The molecule has 0 atom stereocenters. The molecule has 10 rings (SSSR count). The highest BCUT2D eigenvalue weighted by Crippen LogP contribution is 2.41. The number of aromatic nitrogens is 4. The maximum atomic E-state index is 13.6. The Balaban J connectivity index is 0.000000186. The van der Waals surface area contributed by atoms with Gasteiger partial charge in [0, 0.05) is 50.0 Å². The van der Waals surface area contributed by atoms with Crippen LogP contribution in [-0.4, -0.2) is 84.0 Å². The topological polar surface area (TPSA) is 260 Å². The van der Waals surface area contributed by atoms with Crippen LogP contribution in [0.15, 0.2) is 112 Å². The van der Waals surface area contributed by atoms with Gasteiger partial charge in [0.05, 0.1) is 24.6 Å². The lowest BCUT2D eigenvalue weighted by molar-refractivity contribution is -0.135. The number of amides is 2. The number of carbonyl (C=O) groups is 4. The van der Waals surface area contributed by atoms with Crippen molar-refractivity contribution in [2.75, 3.05) is 20.2 Å². The number of aromatic hydroxyl groups is 1. The molecule has 4 aromatic heterocycles. The molecular formula is C55H48F2N6O13. The molecule has 3 aliphatic rings. The first-order chi connectivity index (χ1) is 36.6. The van der Waals surface area contributed by atoms with E-state index in [1.807, 2.05) is 30.3 Å². The van der Waals surface area contributed by atoms with E-state index in [0.29, 0.717) is 35.1 Å². The standard InChI is InChI=1S/C28H21FN2O7.C27H27FN4O6/c1-2-36-28(35)21-25(37-15-17-6-4-3-5-7-17)22-23-24(38-20(27(33)34)14-31(23)26(21)32)18(13-30-22)12-16-8-10-19(29)11-9-16;1-29-25(35)19-22(33)20-21-23(16(12-30-20)11-15-5-7-17(28)8-6-15)38-18(13-32(21)26(19)36)24(34)31-14-27(37)9-3-2-4-10-27/h3-11,13-14H,2,12,15H2,1H3,(H,33,34);5-8,12-13,33,37H,2-4,9-11,14H2,1H3,(H,29,35)(H,31,34). The fourth-order valence-corrected chi connectivity index (χ4v) is 9.09. The molecule has 0 spiro atoms. The number of carboxylic acid groups (broad SMARTS) is 1. The molecule has 21 heteroatoms. The Morgan fingerprint density at radius 2 is 1.26 bits per heavy atom. The lowest BCUT2D eigenvalue weighted by Crippen LogP contribution is -2.45. The summed E-state index contributed by atoms with van der Waals surface area (Å²) in [6.07, 6.45) is 9.32. The van der Waals surface area contributed by atoms with Crippen molar-refractivity contribution in [2.24, 2.45) is 0 Å². The second-order valence-electron chi connectivity index (χ2n) is 18.0. The first-order valence-corrected chi connectivity index (χ1v) is 24.0. The highest BCUT2D eigenvalue weighted by molar-refractivity contribution is 6.05. The molecule has 0 bridgehead atoms. The van der Waals surface area contributed by atoms with E-state index in [1.54, 1.807) is 31.2 Å². The number of carbonyl (C=O) groups excluding carboxylic acids is 3. The van der Waals surface area contributed by atoms with Crippen LogP contribution in [0.3, 0.4) is 0 Å². The number of hydrogen-bond donors (Lipinski definition) is 5. The van der Waals surface area contributed by atoms with Crippen LogP contribution in [0.5, 0.6) is 23.0 Å². The number of ether oxygens (including phenoxy) is 4. The van der Waals surface area contributed by atoms with Crippen molar-refractivity contribution in [1.29, 1.82) is 0 Å². The van der Waals surface area contributed by atoms with Crippen LogP contribution in [0.1, 0.15) is 87.6 Å². The number of nitrogens with one attached hydrogen (secondary N) is 2. The first-order valence-electron chi connectivity index (χ1n) is 24.0. The second-order valence-corrected chi connectivity index (χ2v) is 18.0. The molecule has 1 saturated carbocycles. The van der Waals surface area contributed by atoms with Gasteiger partial charge >= 0.3 is 11.9 Å². The van der Waals surface area contributed by atoms with E-state index >= 15 is 0 Å². The fraction of sp³-hybridized carbons (Fsp3) is 0.236. The normalized spacial score (nSPS) is 14.0. The summed E-state index contributed by atoms with van der Waals surface area (Å²) < 4.78 is 51.8. The summed E-state index contributed by atoms with van der Waals surface area (Å²) in [5.41, 5.74) is -0.286. The molecular weight excluding hydrogens is 991 g/mol. The van der Waals surface area contributed by atoms with E-state index in [1.165, 1.54) is 43.7 Å². The molecule has 390 valence electrons. The zero-order valence-electron chi connectivity index (χ0n) is 40.9. The fourth-order valence-electron chi connectivity index (χ4n) is 9.09. The summed E-state index contributed by atoms with van der Waals surface area (Å²) in [6.45, 7) is 1.64. The average molecular weight is 1040 g/mol. The molecule has 0 radical (unpaired) electrons. The van der Waals surface area contributed by atoms with Gasteiger partial charge in [-0.25, -0.2) is 18.4 Å². The summed E-state index contributed by atoms with van der Waals surface area (Å²) in [7, 11) is 1.32. The van der Waals surface area contributed by atoms with Crippen LogP contribution in [0, 0.1) is 11.6 Å². The zero-order chi connectivity index (χ0) is 53.8. The van der Waals surface area contributed by atoms with Gasteiger partial charge in [0.1, 0.15) is 45.9 Å². The van der Waals surface area contributed by atoms with Crippen molar-refractivity contribution in [1.82, 2.24) is 29.7 Å². The third kappa shape index (κ3) is 10.4. The molecule has 1 fully saturated rings. The summed E-state index contributed by atoms with van der Waals surface area (Å²) in [6, 6.07) is 20.7. The largest absolute Gasteiger partial charge is 0.505 e. The van der Waals surface area contributed by atoms with Gasteiger partial charge in [0.15, 0.2) is 28.6 Å². The Morgan fingerprint density at radius 3 is 1.83 bits per heavy atom. The third-order valence-electron chi connectivity index (χ3n) is 12.9. The van der Waals surface area contributed by atoms with Crippen LogP contribution >= 0.6 is 0 Å². The molecule has 5 N–H and O–H groups in total. The Bertz CT molecular complexity index is 3650. The molecule has 6 heterocycles. The summed E-state index contributed by atoms with van der Waals surface area (Å²) in [4.78, 5) is 86.2. The minimum Gasteiger partial charge on any atom is -0.505 e. The smallest absolute Gasteiger partial charge is 0.373 e. The number of carboxylic acids is 1. The van der Waals surface area contributed by atoms with E-state index < -0.39 is 74.7 Å². The minimum atomic E-state index is -1.41. The van der Waals surface area contributed by atoms with Crippen molar-refractivity contribution in [3.8, 4) is 23.0 Å². The van der Waals surface area contributed by atoms with Crippen molar-refractivity contribution in [3.63, 3.8) is 0 Å². The van der Waals surface area contributed by atoms with Crippen molar-refractivity contribution in [3.05, 3.63) is 174 Å². The average Bonchev–Trinajstić information content (AvgIpc) is 3.44. The van der Waals surface area contributed by atoms with Gasteiger partial charge in [-0.1, -0.05) is 73.9 Å². The van der Waals surface area contributed by atoms with Crippen molar-refractivity contribution in [2.45, 2.75) is 64.1 Å². The van der Waals surface area contributed by atoms with Crippen LogP contribution in [0.4, 0.5) is 8.78 Å². The molecule has 7 aromatic rings. The third-order valence-corrected chi connectivity index (χ3v) is 12.9. The Hall–Kier alpha value is -9.24. The Labute approximate surface area is 430 Å². The number of nitrogens with zero attached hydrogens (tertiary/aromatic N) is 4. The van der Waals surface area contributed by atoms with Gasteiger partial charge in [-0.15, -0.1) is 0 Å². The van der Waals surface area contributed by atoms with Gasteiger partial charge < -0.3 is 44.9 Å². The monoisotopic (exact) mass is 1040 g/mol. The zero-order valence-corrected chi connectivity index (χ0v) is 40.9. The number of rotatable bonds is 14. The SMILES string of the molecule is CCOC(=O)c1c(OCc2ccccc2)c2ncc(Cc3ccc(F)cc3)c3c2n(c1=O)C=C(C(=O)O)O3.CNC(=O)c1c(O)c2ncc(Cc3ccc(F)cc3)c3c2n(c1=O)C=C(C(=O)NCC1(O)CCCCC1)O3. The number of aliphatic carboxylic acids is 1. The Morgan fingerprint density at radius 1 is 0.724 bits per heavy atom. The number of esters is 1. The van der Waals surface area contributed by atoms with Crippen molar-refractivity contribution >= 4 is 58.2 Å². The Kier molecular flexibility index (Phi) is 14.7. The molecule has 19 nitrogen and oxygen atoms in total. The summed E-state index contributed by atoms with van der Waals surface area (Å²) in [5.74, 6) is -5.94. The molecule has 3 aromatic carbocycles. The minimum absolute atomic E-state index is 0.00302. The second kappa shape index (κ2) is 21.7. The first kappa shape index (κ1) is 51.7. The maximum Gasteiger partial charge on any atom is 0.373 e. The molecule has 0 saturated heterocycles. The number of hydrogen-bond acceptors (Lipinski definition) is 14. The predicted molar refractivity (Wildman–Crippen MR) is 271 cm³/mol. The van der Waals surface area contributed by atoms with E-state index in [9.17, 15) is 52.9 Å². The number of aliphatic hydroxyl groups is 1. The molecule has 1 aliphatic carbocycles. The van der Waals surface area contributed by atoms with Gasteiger partial charge in [-0.05, 0) is 60.7 Å². The van der Waals surface area contributed by atoms with Gasteiger partial charge in [0.25, 0.3) is 22.9 Å². The number of halogens is 2. The lowest BCUT2D eigenvalue weighted by atomic mass is 9.85. The molecule has 76 heavy (non-hydrogen) atoms. The number of pyridine rings is 4. The van der Waals surface area contributed by atoms with Gasteiger partial charge in [0.2, 0.25) is 11.5 Å². The molecule has 0 unspecified atom stereocenters. The highest BCUT2D eigenvalue weighted by atomic mass is 19.1. The van der Waals surface area contributed by atoms with Crippen LogP contribution in [0.25, 0.3) is 34.5 Å². The summed E-state index contributed by atoms with van der Waals surface area (Å²) in [5, 5.41) is 36.3. The van der Waals surface area contributed by atoms with Gasteiger partial charge in [-0.3, -0.25) is 38.3 Å².